The number of rotatable bonds is 3. The van der Waals surface area contributed by atoms with Crippen LogP contribution in [0.5, 0.6) is 0 Å². The van der Waals surface area contributed by atoms with Crippen LogP contribution in [0.2, 0.25) is 0 Å². The lowest BCUT2D eigenvalue weighted by Gasteiger charge is -2.17. The van der Waals surface area contributed by atoms with Crippen molar-refractivity contribution in [3.63, 3.8) is 0 Å². The maximum atomic E-state index is 4.30. The van der Waals surface area contributed by atoms with E-state index in [0.717, 1.165) is 20.3 Å². The molecular formula is C13H13Br2N3. The van der Waals surface area contributed by atoms with Crippen LogP contribution in [0.25, 0.3) is 0 Å². The summed E-state index contributed by atoms with van der Waals surface area (Å²) in [5.74, 6) is 0. The average Bonchev–Trinajstić information content (AvgIpc) is 2.34. The zero-order valence-corrected chi connectivity index (χ0v) is 13.3. The first-order valence-electron chi connectivity index (χ1n) is 5.56. The summed E-state index contributed by atoms with van der Waals surface area (Å²) in [5, 5.41) is 3.43. The fourth-order valence-corrected chi connectivity index (χ4v) is 3.31. The number of aromatic nitrogens is 2. The molecule has 3 nitrogen and oxygen atoms in total. The molecule has 0 spiro atoms. The Morgan fingerprint density at radius 1 is 1.17 bits per heavy atom. The molecule has 0 saturated heterocycles. The zero-order valence-electron chi connectivity index (χ0n) is 10.1. The van der Waals surface area contributed by atoms with E-state index in [1.54, 1.807) is 18.6 Å². The Hall–Kier alpha value is -0.940. The fraction of sp³-hybridized carbons (Fsp3) is 0.231. The number of hydrogen-bond donors (Lipinski definition) is 1. The predicted molar refractivity (Wildman–Crippen MR) is 80.6 cm³/mol. The zero-order chi connectivity index (χ0) is 13.1. The standard InChI is InChI=1S/C13H13Br2N3/c1-8-5-10(14)13(11(15)6-8)18-9(2)12-7-16-3-4-17-12/h3-7,9,18H,1-2H3. The molecule has 1 unspecified atom stereocenters. The SMILES string of the molecule is Cc1cc(Br)c(NC(C)c2cnccn2)c(Br)c1. The largest absolute Gasteiger partial charge is 0.375 e. The van der Waals surface area contributed by atoms with Gasteiger partial charge in [0.05, 0.1) is 23.6 Å². The van der Waals surface area contributed by atoms with Crippen LogP contribution in [0.15, 0.2) is 39.7 Å². The van der Waals surface area contributed by atoms with Crippen LogP contribution < -0.4 is 5.32 Å². The minimum atomic E-state index is 0.0917. The second-order valence-corrected chi connectivity index (χ2v) is 5.81. The number of benzene rings is 1. The van der Waals surface area contributed by atoms with Crippen molar-refractivity contribution in [1.29, 1.82) is 0 Å². The predicted octanol–water partition coefficient (Wildman–Crippen LogP) is 4.48. The van der Waals surface area contributed by atoms with Crippen LogP contribution in [-0.4, -0.2) is 9.97 Å². The number of nitrogens with zero attached hydrogens (tertiary/aromatic N) is 2. The van der Waals surface area contributed by atoms with Gasteiger partial charge in [-0.3, -0.25) is 9.97 Å². The smallest absolute Gasteiger partial charge is 0.0806 e. The monoisotopic (exact) mass is 369 g/mol. The molecule has 0 radical (unpaired) electrons. The van der Waals surface area contributed by atoms with Crippen molar-refractivity contribution in [3.8, 4) is 0 Å². The number of halogens is 2. The van der Waals surface area contributed by atoms with E-state index >= 15 is 0 Å². The van der Waals surface area contributed by atoms with Crippen LogP contribution in [-0.2, 0) is 0 Å². The first kappa shape index (κ1) is 13.5. The maximum absolute atomic E-state index is 4.30. The summed E-state index contributed by atoms with van der Waals surface area (Å²) in [6, 6.07) is 4.25. The fourth-order valence-electron chi connectivity index (χ4n) is 1.66. The van der Waals surface area contributed by atoms with Crippen LogP contribution >= 0.6 is 31.9 Å². The molecule has 2 rings (SSSR count). The van der Waals surface area contributed by atoms with E-state index < -0.39 is 0 Å². The minimum absolute atomic E-state index is 0.0917. The molecule has 18 heavy (non-hydrogen) atoms. The van der Waals surface area contributed by atoms with Gasteiger partial charge in [-0.25, -0.2) is 0 Å². The van der Waals surface area contributed by atoms with E-state index in [0.29, 0.717) is 0 Å². The molecule has 0 aliphatic rings. The highest BCUT2D eigenvalue weighted by Crippen LogP contribution is 2.34. The van der Waals surface area contributed by atoms with Gasteiger partial charge in [0.25, 0.3) is 0 Å². The second-order valence-electron chi connectivity index (χ2n) is 4.10. The van der Waals surface area contributed by atoms with Gasteiger partial charge < -0.3 is 5.32 Å². The number of hydrogen-bond acceptors (Lipinski definition) is 3. The Kier molecular flexibility index (Phi) is 4.35. The van der Waals surface area contributed by atoms with Crippen molar-refractivity contribution in [2.24, 2.45) is 0 Å². The molecule has 0 saturated carbocycles. The Morgan fingerprint density at radius 2 is 1.83 bits per heavy atom. The van der Waals surface area contributed by atoms with Gasteiger partial charge in [-0.1, -0.05) is 0 Å². The highest BCUT2D eigenvalue weighted by molar-refractivity contribution is 9.11. The van der Waals surface area contributed by atoms with Gasteiger partial charge in [0.15, 0.2) is 0 Å². The summed E-state index contributed by atoms with van der Waals surface area (Å²) in [7, 11) is 0. The van der Waals surface area contributed by atoms with Crippen LogP contribution in [0, 0.1) is 6.92 Å². The van der Waals surface area contributed by atoms with Gasteiger partial charge in [0.1, 0.15) is 0 Å². The lowest BCUT2D eigenvalue weighted by atomic mass is 10.2. The Morgan fingerprint density at radius 3 is 2.39 bits per heavy atom. The number of aryl methyl sites for hydroxylation is 1. The van der Waals surface area contributed by atoms with Crippen molar-refractivity contribution >= 4 is 37.5 Å². The van der Waals surface area contributed by atoms with Crippen molar-refractivity contribution in [1.82, 2.24) is 9.97 Å². The lowest BCUT2D eigenvalue weighted by molar-refractivity contribution is 0.825. The van der Waals surface area contributed by atoms with E-state index in [-0.39, 0.29) is 6.04 Å². The molecular weight excluding hydrogens is 358 g/mol. The molecule has 0 aliphatic heterocycles. The summed E-state index contributed by atoms with van der Waals surface area (Å²) in [6.07, 6.45) is 5.15. The number of nitrogens with one attached hydrogen (secondary N) is 1. The first-order chi connectivity index (χ1) is 8.58. The Labute approximate surface area is 123 Å². The van der Waals surface area contributed by atoms with Gasteiger partial charge in [0, 0.05) is 21.3 Å². The van der Waals surface area contributed by atoms with E-state index in [4.69, 9.17) is 0 Å². The third-order valence-corrected chi connectivity index (χ3v) is 3.82. The molecule has 0 bridgehead atoms. The number of anilines is 1. The summed E-state index contributed by atoms with van der Waals surface area (Å²) >= 11 is 7.14. The topological polar surface area (TPSA) is 37.8 Å². The highest BCUT2D eigenvalue weighted by Gasteiger charge is 2.11. The molecule has 1 aromatic carbocycles. The van der Waals surface area contributed by atoms with Crippen molar-refractivity contribution in [3.05, 3.63) is 50.9 Å². The average molecular weight is 371 g/mol. The van der Waals surface area contributed by atoms with Gasteiger partial charge in [-0.15, -0.1) is 0 Å². The molecule has 1 N–H and O–H groups in total. The Balaban J connectivity index is 2.25. The minimum Gasteiger partial charge on any atom is -0.375 e. The van der Waals surface area contributed by atoms with Gasteiger partial charge >= 0.3 is 0 Å². The second kappa shape index (κ2) is 5.80. The molecule has 5 heteroatoms. The molecule has 0 amide bonds. The maximum Gasteiger partial charge on any atom is 0.0806 e. The van der Waals surface area contributed by atoms with Crippen LogP contribution in [0.1, 0.15) is 24.2 Å². The molecule has 0 fully saturated rings. The normalized spacial score (nSPS) is 12.2. The first-order valence-corrected chi connectivity index (χ1v) is 7.14. The van der Waals surface area contributed by atoms with E-state index in [1.807, 2.05) is 0 Å². The third kappa shape index (κ3) is 3.09. The van der Waals surface area contributed by atoms with E-state index in [1.165, 1.54) is 5.56 Å². The van der Waals surface area contributed by atoms with Gasteiger partial charge in [0.2, 0.25) is 0 Å². The van der Waals surface area contributed by atoms with Crippen molar-refractivity contribution < 1.29 is 0 Å². The molecule has 94 valence electrons. The summed E-state index contributed by atoms with van der Waals surface area (Å²) in [6.45, 7) is 4.12. The summed E-state index contributed by atoms with van der Waals surface area (Å²) < 4.78 is 2.07. The van der Waals surface area contributed by atoms with E-state index in [9.17, 15) is 0 Å². The van der Waals surface area contributed by atoms with Crippen molar-refractivity contribution in [2.75, 3.05) is 5.32 Å². The Bertz CT molecular complexity index is 520. The molecule has 2 aromatic rings. The highest BCUT2D eigenvalue weighted by atomic mass is 79.9. The molecule has 0 aliphatic carbocycles. The van der Waals surface area contributed by atoms with Crippen LogP contribution in [0.3, 0.4) is 0 Å². The lowest BCUT2D eigenvalue weighted by Crippen LogP contribution is -2.09. The summed E-state index contributed by atoms with van der Waals surface area (Å²) in [5.41, 5.74) is 3.14. The van der Waals surface area contributed by atoms with Gasteiger partial charge in [-0.2, -0.15) is 0 Å². The summed E-state index contributed by atoms with van der Waals surface area (Å²) in [4.78, 5) is 8.38. The van der Waals surface area contributed by atoms with Crippen LogP contribution in [0.4, 0.5) is 5.69 Å². The van der Waals surface area contributed by atoms with Crippen molar-refractivity contribution in [2.45, 2.75) is 19.9 Å². The van der Waals surface area contributed by atoms with E-state index in [2.05, 4.69) is 73.1 Å². The molecule has 1 heterocycles. The van der Waals surface area contributed by atoms with Gasteiger partial charge in [-0.05, 0) is 63.4 Å². The third-order valence-electron chi connectivity index (χ3n) is 2.57. The quantitative estimate of drug-likeness (QED) is 0.865. The molecule has 1 atom stereocenters. The molecule has 1 aromatic heterocycles.